The first-order valence-electron chi connectivity index (χ1n) is 6.45. The summed E-state index contributed by atoms with van der Waals surface area (Å²) in [6.07, 6.45) is -0.182. The van der Waals surface area contributed by atoms with Gasteiger partial charge in [0.25, 0.3) is 0 Å². The molecule has 0 aromatic rings. The van der Waals surface area contributed by atoms with Crippen molar-refractivity contribution in [1.29, 1.82) is 0 Å². The van der Waals surface area contributed by atoms with Gasteiger partial charge in [-0.2, -0.15) is 0 Å². The predicted molar refractivity (Wildman–Crippen MR) is 71.1 cm³/mol. The first-order chi connectivity index (χ1) is 8.64. The minimum Gasteiger partial charge on any atom is -0.481 e. The summed E-state index contributed by atoms with van der Waals surface area (Å²) in [4.78, 5) is 22.3. The van der Waals surface area contributed by atoms with Crippen molar-refractivity contribution in [3.8, 4) is 0 Å². The maximum absolute atomic E-state index is 11.5. The van der Waals surface area contributed by atoms with E-state index in [-0.39, 0.29) is 12.5 Å². The van der Waals surface area contributed by atoms with Gasteiger partial charge >= 0.3 is 12.1 Å². The number of carbonyl (C=O) groups is 2. The molecule has 0 spiro atoms. The summed E-state index contributed by atoms with van der Waals surface area (Å²) in [5.41, 5.74) is -0.819. The lowest BCUT2D eigenvalue weighted by atomic mass is 9.95. The van der Waals surface area contributed by atoms with Gasteiger partial charge in [-0.05, 0) is 34.1 Å². The van der Waals surface area contributed by atoms with E-state index in [9.17, 15) is 9.59 Å². The topological polar surface area (TPSA) is 84.9 Å². The lowest BCUT2D eigenvalue weighted by Crippen LogP contribution is -2.38. The Labute approximate surface area is 114 Å². The third kappa shape index (κ3) is 9.30. The first-order valence-corrected chi connectivity index (χ1v) is 6.45. The van der Waals surface area contributed by atoms with Crippen LogP contribution in [-0.4, -0.2) is 42.0 Å². The number of alkyl carbamates (subject to hydrolysis) is 1. The number of carboxylic acids is 1. The Morgan fingerprint density at radius 1 is 1.26 bits per heavy atom. The maximum atomic E-state index is 11.5. The summed E-state index contributed by atoms with van der Waals surface area (Å²) in [6.45, 7) is 9.57. The summed E-state index contributed by atoms with van der Waals surface area (Å²) in [6, 6.07) is 0. The first kappa shape index (κ1) is 17.7. The van der Waals surface area contributed by atoms with E-state index >= 15 is 0 Å². The molecule has 0 aliphatic heterocycles. The molecule has 0 aliphatic carbocycles. The van der Waals surface area contributed by atoms with E-state index < -0.39 is 23.6 Å². The average molecular weight is 275 g/mol. The van der Waals surface area contributed by atoms with Gasteiger partial charge in [0.2, 0.25) is 0 Å². The molecule has 0 saturated carbocycles. The van der Waals surface area contributed by atoms with Crippen LogP contribution in [0.15, 0.2) is 0 Å². The number of nitrogens with one attached hydrogen (secondary N) is 1. The summed E-state index contributed by atoms with van der Waals surface area (Å²) in [5, 5.41) is 11.4. The monoisotopic (exact) mass is 275 g/mol. The molecule has 1 atom stereocenters. The van der Waals surface area contributed by atoms with Crippen LogP contribution in [0.4, 0.5) is 4.79 Å². The highest BCUT2D eigenvalue weighted by molar-refractivity contribution is 5.70. The SMILES string of the molecule is CC(C)OCCNC(=O)OC(C)(C)CC(C)C(=O)O. The van der Waals surface area contributed by atoms with Gasteiger partial charge in [0, 0.05) is 6.54 Å². The highest BCUT2D eigenvalue weighted by Crippen LogP contribution is 2.20. The van der Waals surface area contributed by atoms with Crippen LogP contribution in [0.2, 0.25) is 0 Å². The van der Waals surface area contributed by atoms with Crippen molar-refractivity contribution in [3.05, 3.63) is 0 Å². The Morgan fingerprint density at radius 2 is 1.84 bits per heavy atom. The van der Waals surface area contributed by atoms with Gasteiger partial charge in [-0.1, -0.05) is 6.92 Å². The number of hydrogen-bond acceptors (Lipinski definition) is 4. The molecular formula is C13H25NO5. The fraction of sp³-hybridized carbons (Fsp3) is 0.846. The van der Waals surface area contributed by atoms with E-state index in [0.29, 0.717) is 13.2 Å². The number of carbonyl (C=O) groups excluding carboxylic acids is 1. The van der Waals surface area contributed by atoms with Crippen molar-refractivity contribution in [3.63, 3.8) is 0 Å². The number of aliphatic carboxylic acids is 1. The maximum Gasteiger partial charge on any atom is 0.407 e. The molecule has 0 rings (SSSR count). The van der Waals surface area contributed by atoms with Crippen LogP contribution in [0.1, 0.15) is 41.0 Å². The zero-order valence-electron chi connectivity index (χ0n) is 12.4. The number of amides is 1. The Bertz CT molecular complexity index is 301. The molecule has 0 saturated heterocycles. The van der Waals surface area contributed by atoms with Crippen LogP contribution in [0.3, 0.4) is 0 Å². The zero-order valence-corrected chi connectivity index (χ0v) is 12.4. The third-order valence-electron chi connectivity index (χ3n) is 2.41. The van der Waals surface area contributed by atoms with Crippen molar-refractivity contribution in [2.75, 3.05) is 13.2 Å². The molecule has 1 amide bonds. The van der Waals surface area contributed by atoms with Crippen molar-refractivity contribution in [1.82, 2.24) is 5.32 Å². The predicted octanol–water partition coefficient (Wildman–Crippen LogP) is 2.03. The summed E-state index contributed by atoms with van der Waals surface area (Å²) >= 11 is 0. The molecule has 0 aromatic heterocycles. The summed E-state index contributed by atoms with van der Waals surface area (Å²) in [7, 11) is 0. The highest BCUT2D eigenvalue weighted by atomic mass is 16.6. The van der Waals surface area contributed by atoms with E-state index in [2.05, 4.69) is 5.32 Å². The summed E-state index contributed by atoms with van der Waals surface area (Å²) in [5.74, 6) is -1.46. The van der Waals surface area contributed by atoms with Crippen LogP contribution in [0.5, 0.6) is 0 Å². The molecule has 2 N–H and O–H groups in total. The Kier molecular flexibility index (Phi) is 7.44. The molecule has 0 aliphatic rings. The Morgan fingerprint density at radius 3 is 2.32 bits per heavy atom. The molecule has 0 radical (unpaired) electrons. The van der Waals surface area contributed by atoms with E-state index in [1.165, 1.54) is 0 Å². The lowest BCUT2D eigenvalue weighted by molar-refractivity contribution is -0.143. The van der Waals surface area contributed by atoms with Crippen LogP contribution >= 0.6 is 0 Å². The molecule has 0 bridgehead atoms. The van der Waals surface area contributed by atoms with E-state index in [0.717, 1.165) is 0 Å². The van der Waals surface area contributed by atoms with Gasteiger partial charge in [-0.15, -0.1) is 0 Å². The van der Waals surface area contributed by atoms with Crippen LogP contribution in [-0.2, 0) is 14.3 Å². The van der Waals surface area contributed by atoms with Gasteiger partial charge in [0.1, 0.15) is 5.60 Å². The van der Waals surface area contributed by atoms with Crippen molar-refractivity contribution in [2.24, 2.45) is 5.92 Å². The molecule has 0 aromatic carbocycles. The smallest absolute Gasteiger partial charge is 0.407 e. The number of rotatable bonds is 8. The average Bonchev–Trinajstić information content (AvgIpc) is 2.22. The molecule has 19 heavy (non-hydrogen) atoms. The standard InChI is InChI=1S/C13H25NO5/c1-9(2)18-7-6-14-12(17)19-13(4,5)8-10(3)11(15)16/h9-10H,6-8H2,1-5H3,(H,14,17)(H,15,16). The van der Waals surface area contributed by atoms with E-state index in [1.54, 1.807) is 20.8 Å². The fourth-order valence-electron chi connectivity index (χ4n) is 1.60. The van der Waals surface area contributed by atoms with Crippen LogP contribution in [0, 0.1) is 5.92 Å². The van der Waals surface area contributed by atoms with Gasteiger partial charge in [0.05, 0.1) is 18.6 Å². The zero-order chi connectivity index (χ0) is 15.1. The second kappa shape index (κ2) is 7.99. The Balaban J connectivity index is 3.99. The lowest BCUT2D eigenvalue weighted by Gasteiger charge is -2.26. The molecular weight excluding hydrogens is 250 g/mol. The van der Waals surface area contributed by atoms with E-state index in [1.807, 2.05) is 13.8 Å². The number of carboxylic acid groups (broad SMARTS) is 1. The Hall–Kier alpha value is -1.30. The summed E-state index contributed by atoms with van der Waals surface area (Å²) < 4.78 is 10.5. The van der Waals surface area contributed by atoms with Gasteiger partial charge in [-0.25, -0.2) is 4.79 Å². The largest absolute Gasteiger partial charge is 0.481 e. The quantitative estimate of drug-likeness (QED) is 0.662. The second-order valence-corrected chi connectivity index (χ2v) is 5.44. The van der Waals surface area contributed by atoms with Crippen LogP contribution < -0.4 is 5.32 Å². The van der Waals surface area contributed by atoms with Gasteiger partial charge in [0.15, 0.2) is 0 Å². The minimum atomic E-state index is -0.901. The highest BCUT2D eigenvalue weighted by Gasteiger charge is 2.28. The van der Waals surface area contributed by atoms with Crippen molar-refractivity contribution < 1.29 is 24.2 Å². The molecule has 6 heteroatoms. The minimum absolute atomic E-state index is 0.116. The van der Waals surface area contributed by atoms with Crippen LogP contribution in [0.25, 0.3) is 0 Å². The van der Waals surface area contributed by atoms with E-state index in [4.69, 9.17) is 14.6 Å². The fourth-order valence-corrected chi connectivity index (χ4v) is 1.60. The van der Waals surface area contributed by atoms with Crippen molar-refractivity contribution >= 4 is 12.1 Å². The number of ether oxygens (including phenoxy) is 2. The van der Waals surface area contributed by atoms with Gasteiger partial charge < -0.3 is 19.9 Å². The van der Waals surface area contributed by atoms with Crippen molar-refractivity contribution in [2.45, 2.75) is 52.7 Å². The third-order valence-corrected chi connectivity index (χ3v) is 2.41. The molecule has 112 valence electrons. The van der Waals surface area contributed by atoms with Gasteiger partial charge in [-0.3, -0.25) is 4.79 Å². The molecule has 1 unspecified atom stereocenters. The molecule has 6 nitrogen and oxygen atoms in total. The number of hydrogen-bond donors (Lipinski definition) is 2. The normalized spacial score (nSPS) is 13.2. The molecule has 0 heterocycles. The second-order valence-electron chi connectivity index (χ2n) is 5.44. The molecule has 0 fully saturated rings.